The number of hydrogen-bond donors (Lipinski definition) is 1. The summed E-state index contributed by atoms with van der Waals surface area (Å²) < 4.78 is 6.32. The van der Waals surface area contributed by atoms with Crippen molar-refractivity contribution in [1.29, 1.82) is 5.26 Å². The molecule has 2 rings (SSSR count). The number of nitrogens with zero attached hydrogens (tertiary/aromatic N) is 2. The first-order chi connectivity index (χ1) is 9.62. The summed E-state index contributed by atoms with van der Waals surface area (Å²) in [5.74, 6) is -0.566. The quantitative estimate of drug-likeness (QED) is 0.867. The molecule has 0 radical (unpaired) electrons. The van der Waals surface area contributed by atoms with Gasteiger partial charge >= 0.3 is 5.97 Å². The first kappa shape index (κ1) is 13.7. The summed E-state index contributed by atoms with van der Waals surface area (Å²) in [6, 6.07) is 9.68. The van der Waals surface area contributed by atoms with E-state index in [0.717, 1.165) is 12.1 Å². The number of aromatic nitrogens is 1. The van der Waals surface area contributed by atoms with Gasteiger partial charge in [-0.15, -0.1) is 0 Å². The van der Waals surface area contributed by atoms with Crippen molar-refractivity contribution >= 4 is 11.7 Å². The van der Waals surface area contributed by atoms with Gasteiger partial charge in [0.05, 0.1) is 18.4 Å². The lowest BCUT2D eigenvalue weighted by atomic mass is 10.1. The summed E-state index contributed by atoms with van der Waals surface area (Å²) >= 11 is 0. The number of nitrogens with two attached hydrogens (primary N) is 1. The zero-order valence-corrected chi connectivity index (χ0v) is 11.4. The number of carbonyl (C=O) groups excluding carboxylic acids is 1. The summed E-state index contributed by atoms with van der Waals surface area (Å²) in [6.07, 6.45) is 2.48. The topological polar surface area (TPSA) is 81.0 Å². The minimum absolute atomic E-state index is 0.138. The average molecular weight is 269 g/mol. The Kier molecular flexibility index (Phi) is 3.76. The zero-order chi connectivity index (χ0) is 14.7. The van der Waals surface area contributed by atoms with Gasteiger partial charge in [0.1, 0.15) is 6.07 Å². The van der Waals surface area contributed by atoms with Crippen LogP contribution < -0.4 is 5.73 Å². The van der Waals surface area contributed by atoms with Crippen molar-refractivity contribution in [3.8, 4) is 11.8 Å². The van der Waals surface area contributed by atoms with Gasteiger partial charge in [-0.05, 0) is 24.1 Å². The maximum Gasteiger partial charge on any atom is 0.357 e. The number of carbonyl (C=O) groups is 1. The van der Waals surface area contributed by atoms with Crippen LogP contribution in [0.3, 0.4) is 0 Å². The molecular formula is C15H15N3O2. The van der Waals surface area contributed by atoms with Crippen LogP contribution in [0.1, 0.15) is 28.5 Å². The predicted molar refractivity (Wildman–Crippen MR) is 75.6 cm³/mol. The van der Waals surface area contributed by atoms with E-state index in [1.165, 1.54) is 12.7 Å². The van der Waals surface area contributed by atoms with Crippen LogP contribution in [0.5, 0.6) is 0 Å². The predicted octanol–water partition coefficient (Wildman–Crippen LogP) is 2.28. The summed E-state index contributed by atoms with van der Waals surface area (Å²) in [5, 5.41) is 9.04. The maximum absolute atomic E-state index is 11.8. The molecule has 0 atom stereocenters. The summed E-state index contributed by atoms with van der Waals surface area (Å²) in [6.45, 7) is 2.07. The minimum Gasteiger partial charge on any atom is -0.464 e. The lowest BCUT2D eigenvalue weighted by Gasteiger charge is -2.09. The van der Waals surface area contributed by atoms with Gasteiger partial charge in [-0.2, -0.15) is 5.26 Å². The second-order valence-electron chi connectivity index (χ2n) is 4.30. The van der Waals surface area contributed by atoms with E-state index < -0.39 is 5.97 Å². The Balaban J connectivity index is 2.60. The second-order valence-corrected chi connectivity index (χ2v) is 4.30. The Morgan fingerprint density at radius 3 is 2.55 bits per heavy atom. The number of esters is 1. The van der Waals surface area contributed by atoms with E-state index >= 15 is 0 Å². The van der Waals surface area contributed by atoms with Gasteiger partial charge in [-0.3, -0.25) is 0 Å². The molecule has 0 aliphatic carbocycles. The van der Waals surface area contributed by atoms with Crippen LogP contribution in [0.15, 0.2) is 30.5 Å². The molecule has 1 aromatic heterocycles. The lowest BCUT2D eigenvalue weighted by Crippen LogP contribution is -2.11. The van der Waals surface area contributed by atoms with E-state index in [0.29, 0.717) is 0 Å². The Morgan fingerprint density at radius 1 is 1.40 bits per heavy atom. The van der Waals surface area contributed by atoms with E-state index in [1.807, 2.05) is 30.3 Å². The van der Waals surface area contributed by atoms with Crippen LogP contribution in [0.25, 0.3) is 5.69 Å². The van der Waals surface area contributed by atoms with Crippen LogP contribution in [0.4, 0.5) is 5.69 Å². The first-order valence-electron chi connectivity index (χ1n) is 6.20. The molecule has 0 amide bonds. The molecule has 0 saturated heterocycles. The third kappa shape index (κ3) is 2.24. The normalized spacial score (nSPS) is 10.1. The van der Waals surface area contributed by atoms with Gasteiger partial charge in [0.2, 0.25) is 0 Å². The molecule has 1 aromatic carbocycles. The highest BCUT2D eigenvalue weighted by Gasteiger charge is 2.21. The van der Waals surface area contributed by atoms with Crippen LogP contribution in [0.2, 0.25) is 0 Å². The standard InChI is InChI=1S/C15H15N3O2/c1-3-10-4-6-12(7-5-10)18-9-11(8-16)13(17)14(18)15(19)20-2/h4-7,9H,3,17H2,1-2H3. The fraction of sp³-hybridized carbons (Fsp3) is 0.200. The summed E-state index contributed by atoms with van der Waals surface area (Å²) in [4.78, 5) is 11.8. The smallest absolute Gasteiger partial charge is 0.357 e. The number of anilines is 1. The monoisotopic (exact) mass is 269 g/mol. The van der Waals surface area contributed by atoms with Crippen molar-refractivity contribution in [2.24, 2.45) is 0 Å². The Hall–Kier alpha value is -2.74. The molecule has 0 aliphatic rings. The minimum atomic E-state index is -0.566. The molecule has 5 heteroatoms. The lowest BCUT2D eigenvalue weighted by molar-refractivity contribution is 0.0593. The molecule has 0 unspecified atom stereocenters. The summed E-state index contributed by atoms with van der Waals surface area (Å²) in [7, 11) is 1.28. The third-order valence-electron chi connectivity index (χ3n) is 3.17. The molecular weight excluding hydrogens is 254 g/mol. The van der Waals surface area contributed by atoms with Crippen molar-refractivity contribution < 1.29 is 9.53 Å². The number of methoxy groups -OCH3 is 1. The van der Waals surface area contributed by atoms with Crippen LogP contribution >= 0.6 is 0 Å². The molecule has 0 saturated carbocycles. The highest BCUT2D eigenvalue weighted by atomic mass is 16.5. The number of benzene rings is 1. The van der Waals surface area contributed by atoms with Crippen LogP contribution in [-0.2, 0) is 11.2 Å². The highest BCUT2D eigenvalue weighted by molar-refractivity contribution is 5.95. The maximum atomic E-state index is 11.8. The van der Waals surface area contributed by atoms with E-state index in [4.69, 9.17) is 15.7 Å². The molecule has 0 spiro atoms. The number of ether oxygens (including phenoxy) is 1. The molecule has 5 nitrogen and oxygen atoms in total. The number of rotatable bonds is 3. The number of aryl methyl sites for hydroxylation is 1. The van der Waals surface area contributed by atoms with E-state index in [-0.39, 0.29) is 16.9 Å². The van der Waals surface area contributed by atoms with Crippen molar-refractivity contribution in [2.45, 2.75) is 13.3 Å². The molecule has 0 bridgehead atoms. The van der Waals surface area contributed by atoms with Crippen molar-refractivity contribution in [2.75, 3.05) is 12.8 Å². The van der Waals surface area contributed by atoms with Gasteiger partial charge in [0.25, 0.3) is 0 Å². The Bertz CT molecular complexity index is 678. The largest absolute Gasteiger partial charge is 0.464 e. The molecule has 102 valence electrons. The molecule has 2 N–H and O–H groups in total. The summed E-state index contributed by atoms with van der Waals surface area (Å²) in [5.41, 5.74) is 8.36. The van der Waals surface area contributed by atoms with Gasteiger partial charge in [-0.25, -0.2) is 4.79 Å². The van der Waals surface area contributed by atoms with Crippen LogP contribution in [0, 0.1) is 11.3 Å². The molecule has 2 aromatic rings. The number of nitriles is 1. The van der Waals surface area contributed by atoms with Crippen molar-refractivity contribution in [1.82, 2.24) is 4.57 Å². The molecule has 0 fully saturated rings. The molecule has 20 heavy (non-hydrogen) atoms. The zero-order valence-electron chi connectivity index (χ0n) is 11.4. The van der Waals surface area contributed by atoms with Gasteiger partial charge < -0.3 is 15.0 Å². The van der Waals surface area contributed by atoms with Gasteiger partial charge in [0.15, 0.2) is 5.69 Å². The Labute approximate surface area is 117 Å². The van der Waals surface area contributed by atoms with Gasteiger partial charge in [-0.1, -0.05) is 19.1 Å². The Morgan fingerprint density at radius 2 is 2.05 bits per heavy atom. The van der Waals surface area contributed by atoms with Gasteiger partial charge in [0, 0.05) is 11.9 Å². The van der Waals surface area contributed by atoms with E-state index in [1.54, 1.807) is 10.8 Å². The first-order valence-corrected chi connectivity index (χ1v) is 6.20. The SMILES string of the molecule is CCc1ccc(-n2cc(C#N)c(N)c2C(=O)OC)cc1. The highest BCUT2D eigenvalue weighted by Crippen LogP contribution is 2.24. The van der Waals surface area contributed by atoms with Crippen molar-refractivity contribution in [3.63, 3.8) is 0 Å². The third-order valence-corrected chi connectivity index (χ3v) is 3.17. The molecule has 0 aliphatic heterocycles. The number of hydrogen-bond acceptors (Lipinski definition) is 4. The fourth-order valence-electron chi connectivity index (χ4n) is 2.01. The molecule has 1 heterocycles. The van der Waals surface area contributed by atoms with E-state index in [9.17, 15) is 4.79 Å². The van der Waals surface area contributed by atoms with Crippen molar-refractivity contribution in [3.05, 3.63) is 47.3 Å². The second kappa shape index (κ2) is 5.49. The van der Waals surface area contributed by atoms with Crippen LogP contribution in [-0.4, -0.2) is 17.6 Å². The van der Waals surface area contributed by atoms with E-state index in [2.05, 4.69) is 6.92 Å². The fourth-order valence-corrected chi connectivity index (χ4v) is 2.01. The average Bonchev–Trinajstić information content (AvgIpc) is 2.83. The number of nitrogen functional groups attached to an aromatic ring is 1.